The lowest BCUT2D eigenvalue weighted by molar-refractivity contribution is -0.151. The Kier molecular flexibility index (Phi) is 5.23. The molecular formula is C17H22FNO4. The van der Waals surface area contributed by atoms with Crippen molar-refractivity contribution in [3.8, 4) is 5.75 Å². The molecule has 0 spiro atoms. The highest BCUT2D eigenvalue weighted by Gasteiger charge is 2.43. The minimum Gasteiger partial charge on any atom is -0.494 e. The van der Waals surface area contributed by atoms with Crippen molar-refractivity contribution < 1.29 is 23.8 Å². The van der Waals surface area contributed by atoms with Gasteiger partial charge in [0.15, 0.2) is 11.6 Å². The molecule has 0 radical (unpaired) electrons. The number of aliphatic carboxylic acids is 1. The van der Waals surface area contributed by atoms with Crippen LogP contribution in [-0.4, -0.2) is 24.1 Å². The summed E-state index contributed by atoms with van der Waals surface area (Å²) in [4.78, 5) is 23.7. The van der Waals surface area contributed by atoms with E-state index in [0.717, 1.165) is 12.8 Å². The maximum absolute atomic E-state index is 13.7. The predicted molar refractivity (Wildman–Crippen MR) is 82.7 cm³/mol. The first-order chi connectivity index (χ1) is 10.9. The molecule has 1 aromatic carbocycles. The molecule has 0 aromatic heterocycles. The van der Waals surface area contributed by atoms with E-state index >= 15 is 0 Å². The maximum Gasteiger partial charge on any atom is 0.310 e. The van der Waals surface area contributed by atoms with Gasteiger partial charge in [0.25, 0.3) is 0 Å². The van der Waals surface area contributed by atoms with Gasteiger partial charge in [0, 0.05) is 6.42 Å². The van der Waals surface area contributed by atoms with Gasteiger partial charge in [0.05, 0.1) is 18.6 Å². The van der Waals surface area contributed by atoms with Crippen molar-refractivity contribution >= 4 is 11.9 Å². The normalized spacial score (nSPS) is 17.5. The monoisotopic (exact) mass is 323 g/mol. The van der Waals surface area contributed by atoms with Gasteiger partial charge in [-0.25, -0.2) is 4.39 Å². The number of hydrogen-bond acceptors (Lipinski definition) is 3. The van der Waals surface area contributed by atoms with Crippen molar-refractivity contribution in [3.63, 3.8) is 0 Å². The summed E-state index contributed by atoms with van der Waals surface area (Å²) in [5.41, 5.74) is -0.345. The average molecular weight is 323 g/mol. The topological polar surface area (TPSA) is 75.6 Å². The predicted octanol–water partition coefficient (Wildman–Crippen LogP) is 3.05. The van der Waals surface area contributed by atoms with Gasteiger partial charge in [-0.2, -0.15) is 0 Å². The lowest BCUT2D eigenvalue weighted by Crippen LogP contribution is -2.36. The number of carboxylic acid groups (broad SMARTS) is 1. The van der Waals surface area contributed by atoms with Gasteiger partial charge >= 0.3 is 5.97 Å². The molecule has 1 aliphatic carbocycles. The van der Waals surface area contributed by atoms with E-state index in [2.05, 4.69) is 5.32 Å². The van der Waals surface area contributed by atoms with Crippen molar-refractivity contribution in [2.75, 3.05) is 7.11 Å². The second kappa shape index (κ2) is 6.98. The van der Waals surface area contributed by atoms with E-state index in [0.29, 0.717) is 18.4 Å². The fourth-order valence-electron chi connectivity index (χ4n) is 3.15. The molecule has 6 heteroatoms. The van der Waals surface area contributed by atoms with E-state index < -0.39 is 23.2 Å². The largest absolute Gasteiger partial charge is 0.494 e. The molecule has 5 nitrogen and oxygen atoms in total. The van der Waals surface area contributed by atoms with Crippen LogP contribution >= 0.6 is 0 Å². The number of carboxylic acids is 1. The number of ether oxygens (including phenoxy) is 1. The van der Waals surface area contributed by atoms with Crippen molar-refractivity contribution in [3.05, 3.63) is 29.6 Å². The molecular weight excluding hydrogens is 301 g/mol. The molecule has 1 amide bonds. The Bertz CT molecular complexity index is 596. The van der Waals surface area contributed by atoms with E-state index in [9.17, 15) is 19.1 Å². The van der Waals surface area contributed by atoms with E-state index in [1.165, 1.54) is 19.2 Å². The Morgan fingerprint density at radius 1 is 1.39 bits per heavy atom. The summed E-state index contributed by atoms with van der Waals surface area (Å²) < 4.78 is 18.6. The molecule has 2 N–H and O–H groups in total. The van der Waals surface area contributed by atoms with Crippen LogP contribution in [-0.2, 0) is 9.59 Å². The lowest BCUT2D eigenvalue weighted by Gasteiger charge is -2.24. The Morgan fingerprint density at radius 2 is 2.04 bits per heavy atom. The highest BCUT2D eigenvalue weighted by atomic mass is 19.1. The zero-order valence-electron chi connectivity index (χ0n) is 13.4. The summed E-state index contributed by atoms with van der Waals surface area (Å²) in [6.45, 7) is 1.74. The molecule has 1 atom stereocenters. The van der Waals surface area contributed by atoms with Gasteiger partial charge in [-0.05, 0) is 37.5 Å². The molecule has 2 rings (SSSR count). The summed E-state index contributed by atoms with van der Waals surface area (Å²) in [7, 11) is 1.39. The number of halogens is 1. The summed E-state index contributed by atoms with van der Waals surface area (Å²) in [6, 6.07) is 4.08. The van der Waals surface area contributed by atoms with Crippen LogP contribution in [0.2, 0.25) is 0 Å². The molecule has 0 heterocycles. The first-order valence-electron chi connectivity index (χ1n) is 7.74. The van der Waals surface area contributed by atoms with Crippen molar-refractivity contribution in [2.45, 2.75) is 45.1 Å². The number of carbonyl (C=O) groups is 2. The molecule has 1 fully saturated rings. The zero-order chi connectivity index (χ0) is 17.0. The van der Waals surface area contributed by atoms with Crippen LogP contribution in [0.4, 0.5) is 4.39 Å². The number of nitrogens with one attached hydrogen (secondary N) is 1. The summed E-state index contributed by atoms with van der Waals surface area (Å²) in [6.07, 6.45) is 2.69. The van der Waals surface area contributed by atoms with Crippen molar-refractivity contribution in [1.82, 2.24) is 5.32 Å². The molecule has 1 unspecified atom stereocenters. The third kappa shape index (κ3) is 3.81. The van der Waals surface area contributed by atoms with Crippen LogP contribution in [0.5, 0.6) is 5.75 Å². The Hall–Kier alpha value is -2.11. The number of amides is 1. The van der Waals surface area contributed by atoms with Gasteiger partial charge < -0.3 is 15.2 Å². The van der Waals surface area contributed by atoms with Gasteiger partial charge in [-0.1, -0.05) is 18.9 Å². The van der Waals surface area contributed by atoms with Gasteiger partial charge in [0.2, 0.25) is 5.91 Å². The third-order valence-corrected chi connectivity index (χ3v) is 4.57. The first kappa shape index (κ1) is 17.2. The van der Waals surface area contributed by atoms with Crippen molar-refractivity contribution in [2.24, 2.45) is 5.41 Å². The molecule has 1 aromatic rings. The second-order valence-electron chi connectivity index (χ2n) is 6.15. The summed E-state index contributed by atoms with van der Waals surface area (Å²) >= 11 is 0. The Balaban J connectivity index is 2.02. The highest BCUT2D eigenvalue weighted by Crippen LogP contribution is 2.41. The molecule has 126 valence electrons. The van der Waals surface area contributed by atoms with Gasteiger partial charge in [-0.3, -0.25) is 9.59 Å². The molecule has 0 saturated heterocycles. The van der Waals surface area contributed by atoms with Crippen LogP contribution in [0.25, 0.3) is 0 Å². The second-order valence-corrected chi connectivity index (χ2v) is 6.15. The highest BCUT2D eigenvalue weighted by molar-refractivity contribution is 5.85. The maximum atomic E-state index is 13.7. The molecule has 1 saturated carbocycles. The van der Waals surface area contributed by atoms with Crippen LogP contribution in [0.1, 0.15) is 50.6 Å². The Labute approximate surface area is 134 Å². The van der Waals surface area contributed by atoms with Gasteiger partial charge in [-0.15, -0.1) is 0 Å². The minimum absolute atomic E-state index is 0.0364. The molecule has 1 aliphatic rings. The van der Waals surface area contributed by atoms with Crippen molar-refractivity contribution in [1.29, 1.82) is 0 Å². The third-order valence-electron chi connectivity index (χ3n) is 4.57. The fraction of sp³-hybridized carbons (Fsp3) is 0.529. The quantitative estimate of drug-likeness (QED) is 0.843. The van der Waals surface area contributed by atoms with Gasteiger partial charge in [0.1, 0.15) is 0 Å². The summed E-state index contributed by atoms with van der Waals surface area (Å²) in [5, 5.41) is 12.2. The van der Waals surface area contributed by atoms with Crippen LogP contribution in [0, 0.1) is 11.2 Å². The van der Waals surface area contributed by atoms with E-state index in [-0.39, 0.29) is 18.1 Å². The number of carbonyl (C=O) groups excluding carboxylic acids is 1. The minimum atomic E-state index is -0.949. The van der Waals surface area contributed by atoms with E-state index in [4.69, 9.17) is 4.74 Å². The zero-order valence-corrected chi connectivity index (χ0v) is 13.4. The van der Waals surface area contributed by atoms with E-state index in [1.54, 1.807) is 13.0 Å². The lowest BCUT2D eigenvalue weighted by atomic mass is 9.82. The summed E-state index contributed by atoms with van der Waals surface area (Å²) in [5.74, 6) is -1.58. The van der Waals surface area contributed by atoms with Crippen LogP contribution < -0.4 is 10.1 Å². The average Bonchev–Trinajstić information content (AvgIpc) is 2.96. The standard InChI is InChI=1S/C17H22FNO4/c1-11(12-5-6-14(23-2)13(18)9-12)19-15(20)10-17(16(21)22)7-3-4-8-17/h5-6,9,11H,3-4,7-8,10H2,1-2H3,(H,19,20)(H,21,22). The molecule has 0 aliphatic heterocycles. The fourth-order valence-corrected chi connectivity index (χ4v) is 3.15. The SMILES string of the molecule is COc1ccc(C(C)NC(=O)CC2(C(=O)O)CCCC2)cc1F. The molecule has 23 heavy (non-hydrogen) atoms. The first-order valence-corrected chi connectivity index (χ1v) is 7.74. The van der Waals surface area contributed by atoms with Crippen LogP contribution in [0.3, 0.4) is 0 Å². The van der Waals surface area contributed by atoms with E-state index in [1.807, 2.05) is 0 Å². The number of benzene rings is 1. The number of rotatable bonds is 6. The smallest absolute Gasteiger partial charge is 0.310 e. The Morgan fingerprint density at radius 3 is 2.57 bits per heavy atom. The number of methoxy groups -OCH3 is 1. The number of hydrogen-bond donors (Lipinski definition) is 2. The molecule has 0 bridgehead atoms. The van der Waals surface area contributed by atoms with Crippen LogP contribution in [0.15, 0.2) is 18.2 Å².